The van der Waals surface area contributed by atoms with E-state index in [9.17, 15) is 0 Å². The molecule has 2 aromatic rings. The Morgan fingerprint density at radius 2 is 1.91 bits per heavy atom. The van der Waals surface area contributed by atoms with Crippen LogP contribution < -0.4 is 10.1 Å². The van der Waals surface area contributed by atoms with Crippen LogP contribution in [0.2, 0.25) is 0 Å². The molecule has 4 heteroatoms. The van der Waals surface area contributed by atoms with Gasteiger partial charge in [0.2, 0.25) is 0 Å². The van der Waals surface area contributed by atoms with Gasteiger partial charge in [0.05, 0.1) is 6.61 Å². The molecule has 22 heavy (non-hydrogen) atoms. The van der Waals surface area contributed by atoms with Crippen molar-refractivity contribution in [3.63, 3.8) is 0 Å². The van der Waals surface area contributed by atoms with E-state index >= 15 is 0 Å². The van der Waals surface area contributed by atoms with Gasteiger partial charge in [0.25, 0.3) is 0 Å². The zero-order valence-corrected chi connectivity index (χ0v) is 14.6. The van der Waals surface area contributed by atoms with Crippen LogP contribution in [0.1, 0.15) is 24.1 Å². The predicted molar refractivity (Wildman–Crippen MR) is 93.2 cm³/mol. The summed E-state index contributed by atoms with van der Waals surface area (Å²) >= 11 is 3.51. The van der Waals surface area contributed by atoms with Crippen LogP contribution in [-0.2, 0) is 11.3 Å². The van der Waals surface area contributed by atoms with Gasteiger partial charge in [-0.1, -0.05) is 40.2 Å². The highest BCUT2D eigenvalue weighted by atomic mass is 79.9. The van der Waals surface area contributed by atoms with E-state index in [-0.39, 0.29) is 6.04 Å². The molecule has 0 fully saturated rings. The molecule has 1 N–H and O–H groups in total. The first-order chi connectivity index (χ1) is 10.7. The van der Waals surface area contributed by atoms with Gasteiger partial charge in [0.15, 0.2) is 0 Å². The van der Waals surface area contributed by atoms with Crippen LogP contribution in [0.5, 0.6) is 5.75 Å². The molecule has 0 saturated heterocycles. The number of benzene rings is 2. The maximum Gasteiger partial charge on any atom is 0.119 e. The predicted octanol–water partition coefficient (Wildman–Crippen LogP) is 4.33. The van der Waals surface area contributed by atoms with Gasteiger partial charge in [0, 0.05) is 24.2 Å². The summed E-state index contributed by atoms with van der Waals surface area (Å²) < 4.78 is 11.7. The Labute approximate surface area is 140 Å². The second-order valence-corrected chi connectivity index (χ2v) is 6.06. The Morgan fingerprint density at radius 3 is 2.68 bits per heavy atom. The van der Waals surface area contributed by atoms with Gasteiger partial charge in [0.1, 0.15) is 12.4 Å². The average Bonchev–Trinajstić information content (AvgIpc) is 2.53. The maximum atomic E-state index is 5.64. The van der Waals surface area contributed by atoms with Crippen LogP contribution in [0.3, 0.4) is 0 Å². The molecule has 0 radical (unpaired) electrons. The van der Waals surface area contributed by atoms with E-state index in [1.807, 2.05) is 18.2 Å². The van der Waals surface area contributed by atoms with Crippen molar-refractivity contribution in [2.24, 2.45) is 0 Å². The molecule has 0 aromatic heterocycles. The molecule has 0 aliphatic heterocycles. The highest BCUT2D eigenvalue weighted by Crippen LogP contribution is 2.19. The molecule has 1 atom stereocenters. The Kier molecular flexibility index (Phi) is 6.90. The molecule has 0 heterocycles. The standard InChI is InChI=1S/C18H22BrNO2/c1-14(16-6-4-7-17(19)12-16)20-13-15-5-3-8-18(11-15)22-10-9-21-2/h3-8,11-12,14,20H,9-10,13H2,1-2H3. The molecular weight excluding hydrogens is 342 g/mol. The molecule has 118 valence electrons. The normalized spacial score (nSPS) is 12.1. The van der Waals surface area contributed by atoms with E-state index in [0.717, 1.165) is 16.8 Å². The zero-order valence-electron chi connectivity index (χ0n) is 13.0. The van der Waals surface area contributed by atoms with E-state index in [2.05, 4.69) is 58.5 Å². The van der Waals surface area contributed by atoms with Crippen LogP contribution in [-0.4, -0.2) is 20.3 Å². The lowest BCUT2D eigenvalue weighted by Gasteiger charge is -2.15. The number of halogens is 1. The Morgan fingerprint density at radius 1 is 1.09 bits per heavy atom. The van der Waals surface area contributed by atoms with Crippen molar-refractivity contribution >= 4 is 15.9 Å². The molecule has 0 bridgehead atoms. The largest absolute Gasteiger partial charge is 0.491 e. The SMILES string of the molecule is COCCOc1cccc(CNC(C)c2cccc(Br)c2)c1. The van der Waals surface area contributed by atoms with Gasteiger partial charge < -0.3 is 14.8 Å². The molecular formula is C18H22BrNO2. The van der Waals surface area contributed by atoms with Crippen molar-refractivity contribution in [2.45, 2.75) is 19.5 Å². The minimum Gasteiger partial charge on any atom is -0.491 e. The van der Waals surface area contributed by atoms with E-state index in [1.165, 1.54) is 11.1 Å². The third-order valence-electron chi connectivity index (χ3n) is 3.42. The van der Waals surface area contributed by atoms with Crippen LogP contribution in [0.25, 0.3) is 0 Å². The number of hydrogen-bond donors (Lipinski definition) is 1. The third kappa shape index (κ3) is 5.44. The lowest BCUT2D eigenvalue weighted by atomic mass is 10.1. The summed E-state index contributed by atoms with van der Waals surface area (Å²) in [6.07, 6.45) is 0. The average molecular weight is 364 g/mol. The number of ether oxygens (including phenoxy) is 2. The lowest BCUT2D eigenvalue weighted by molar-refractivity contribution is 0.146. The highest BCUT2D eigenvalue weighted by Gasteiger charge is 2.05. The Bertz CT molecular complexity index is 589. The fourth-order valence-corrected chi connectivity index (χ4v) is 2.57. The topological polar surface area (TPSA) is 30.5 Å². The number of nitrogens with one attached hydrogen (secondary N) is 1. The summed E-state index contributed by atoms with van der Waals surface area (Å²) in [6.45, 7) is 4.14. The fourth-order valence-electron chi connectivity index (χ4n) is 2.15. The lowest BCUT2D eigenvalue weighted by Crippen LogP contribution is -2.18. The molecule has 1 unspecified atom stereocenters. The summed E-state index contributed by atoms with van der Waals surface area (Å²) in [4.78, 5) is 0. The molecule has 3 nitrogen and oxygen atoms in total. The van der Waals surface area contributed by atoms with Gasteiger partial charge in [-0.15, -0.1) is 0 Å². The van der Waals surface area contributed by atoms with Crippen LogP contribution in [0.15, 0.2) is 53.0 Å². The molecule has 0 saturated carbocycles. The van der Waals surface area contributed by atoms with Crippen molar-refractivity contribution in [2.75, 3.05) is 20.3 Å². The third-order valence-corrected chi connectivity index (χ3v) is 3.91. The zero-order chi connectivity index (χ0) is 15.8. The van der Waals surface area contributed by atoms with Crippen molar-refractivity contribution in [1.82, 2.24) is 5.32 Å². The Hall–Kier alpha value is -1.36. The summed E-state index contributed by atoms with van der Waals surface area (Å²) in [6, 6.07) is 16.8. The minimum absolute atomic E-state index is 0.288. The molecule has 0 amide bonds. The van der Waals surface area contributed by atoms with Gasteiger partial charge in [-0.3, -0.25) is 0 Å². The molecule has 2 aromatic carbocycles. The molecule has 0 aliphatic rings. The summed E-state index contributed by atoms with van der Waals surface area (Å²) in [7, 11) is 1.67. The van der Waals surface area contributed by atoms with E-state index in [1.54, 1.807) is 7.11 Å². The quantitative estimate of drug-likeness (QED) is 0.708. The van der Waals surface area contributed by atoms with Crippen LogP contribution in [0.4, 0.5) is 0 Å². The highest BCUT2D eigenvalue weighted by molar-refractivity contribution is 9.10. The van der Waals surface area contributed by atoms with E-state index < -0.39 is 0 Å². The second kappa shape index (κ2) is 8.93. The molecule has 2 rings (SSSR count). The number of rotatable bonds is 8. The first kappa shape index (κ1) is 17.0. The number of hydrogen-bond acceptors (Lipinski definition) is 3. The van der Waals surface area contributed by atoms with E-state index in [4.69, 9.17) is 9.47 Å². The molecule has 0 spiro atoms. The van der Waals surface area contributed by atoms with Gasteiger partial charge >= 0.3 is 0 Å². The van der Waals surface area contributed by atoms with Crippen LogP contribution >= 0.6 is 15.9 Å². The summed E-state index contributed by atoms with van der Waals surface area (Å²) in [5.41, 5.74) is 2.47. The minimum atomic E-state index is 0.288. The fraction of sp³-hybridized carbons (Fsp3) is 0.333. The van der Waals surface area contributed by atoms with Gasteiger partial charge in [-0.25, -0.2) is 0 Å². The van der Waals surface area contributed by atoms with E-state index in [0.29, 0.717) is 13.2 Å². The molecule has 0 aliphatic carbocycles. The van der Waals surface area contributed by atoms with Gasteiger partial charge in [-0.2, -0.15) is 0 Å². The van der Waals surface area contributed by atoms with Crippen LogP contribution in [0, 0.1) is 0 Å². The first-order valence-electron chi connectivity index (χ1n) is 7.38. The first-order valence-corrected chi connectivity index (χ1v) is 8.18. The number of methoxy groups -OCH3 is 1. The summed E-state index contributed by atoms with van der Waals surface area (Å²) in [5.74, 6) is 0.881. The maximum absolute atomic E-state index is 5.64. The van der Waals surface area contributed by atoms with Crippen molar-refractivity contribution in [3.05, 3.63) is 64.1 Å². The van der Waals surface area contributed by atoms with Gasteiger partial charge in [-0.05, 0) is 42.3 Å². The van der Waals surface area contributed by atoms with Crippen molar-refractivity contribution in [1.29, 1.82) is 0 Å². The Balaban J connectivity index is 1.89. The monoisotopic (exact) mass is 363 g/mol. The van der Waals surface area contributed by atoms with Crippen molar-refractivity contribution < 1.29 is 9.47 Å². The smallest absolute Gasteiger partial charge is 0.119 e. The van der Waals surface area contributed by atoms with Crippen molar-refractivity contribution in [3.8, 4) is 5.75 Å². The summed E-state index contributed by atoms with van der Waals surface area (Å²) in [5, 5.41) is 3.54. The second-order valence-electron chi connectivity index (χ2n) is 5.15.